The van der Waals surface area contributed by atoms with E-state index in [0.717, 1.165) is 34.0 Å². The van der Waals surface area contributed by atoms with Gasteiger partial charge in [0.15, 0.2) is 5.78 Å². The molecule has 0 unspecified atom stereocenters. The van der Waals surface area contributed by atoms with E-state index >= 15 is 0 Å². The van der Waals surface area contributed by atoms with Gasteiger partial charge in [0.25, 0.3) is 0 Å². The molecule has 0 N–H and O–H groups in total. The van der Waals surface area contributed by atoms with Crippen molar-refractivity contribution >= 4 is 32.7 Å². The number of halogens is 1. The molecular formula is C20H19BrN2O3. The molecule has 4 rings (SSSR count). The van der Waals surface area contributed by atoms with Crippen LogP contribution in [0, 0.1) is 5.92 Å². The fourth-order valence-corrected chi connectivity index (χ4v) is 3.54. The second kappa shape index (κ2) is 6.76. The van der Waals surface area contributed by atoms with Gasteiger partial charge in [-0.2, -0.15) is 0 Å². The predicted molar refractivity (Wildman–Crippen MR) is 104 cm³/mol. The van der Waals surface area contributed by atoms with Crippen molar-refractivity contribution in [3.05, 3.63) is 46.7 Å². The highest BCUT2D eigenvalue weighted by Crippen LogP contribution is 2.39. The van der Waals surface area contributed by atoms with Gasteiger partial charge >= 0.3 is 0 Å². The second-order valence-electron chi connectivity index (χ2n) is 6.54. The molecule has 0 atom stereocenters. The van der Waals surface area contributed by atoms with Gasteiger partial charge in [0.2, 0.25) is 0 Å². The lowest BCUT2D eigenvalue weighted by Crippen LogP contribution is -2.07. The maximum Gasteiger partial charge on any atom is 0.170 e. The van der Waals surface area contributed by atoms with Gasteiger partial charge in [-0.25, -0.2) is 4.98 Å². The lowest BCUT2D eigenvalue weighted by molar-refractivity contribution is 0.0970. The molecule has 0 aliphatic heterocycles. The van der Waals surface area contributed by atoms with Crippen LogP contribution < -0.4 is 9.47 Å². The van der Waals surface area contributed by atoms with Crippen molar-refractivity contribution in [3.8, 4) is 17.2 Å². The molecule has 0 amide bonds. The zero-order chi connectivity index (χ0) is 18.3. The summed E-state index contributed by atoms with van der Waals surface area (Å²) in [4.78, 5) is 17.2. The highest BCUT2D eigenvalue weighted by molar-refractivity contribution is 9.10. The van der Waals surface area contributed by atoms with Crippen LogP contribution in [0.4, 0.5) is 0 Å². The number of benzene rings is 2. The van der Waals surface area contributed by atoms with E-state index in [4.69, 9.17) is 9.47 Å². The minimum absolute atomic E-state index is 0.0761. The quantitative estimate of drug-likeness (QED) is 0.544. The van der Waals surface area contributed by atoms with Crippen LogP contribution in [0.5, 0.6) is 11.5 Å². The molecule has 2 aromatic carbocycles. The van der Waals surface area contributed by atoms with E-state index in [0.29, 0.717) is 29.4 Å². The molecule has 3 aromatic rings. The average molecular weight is 415 g/mol. The molecule has 6 heteroatoms. The minimum Gasteiger partial charge on any atom is -0.496 e. The number of hydrogen-bond acceptors (Lipinski definition) is 4. The first-order valence-corrected chi connectivity index (χ1v) is 9.32. The molecule has 134 valence electrons. The number of Topliss-reactive ketones (excluding diaryl/α,β-unsaturated/α-hetero) is 1. The van der Waals surface area contributed by atoms with E-state index < -0.39 is 0 Å². The van der Waals surface area contributed by atoms with E-state index in [-0.39, 0.29) is 5.78 Å². The third-order valence-corrected chi connectivity index (χ3v) is 5.22. The molecule has 1 heterocycles. The highest BCUT2D eigenvalue weighted by atomic mass is 79.9. The monoisotopic (exact) mass is 414 g/mol. The molecule has 5 nitrogen and oxygen atoms in total. The van der Waals surface area contributed by atoms with Crippen molar-refractivity contribution < 1.29 is 14.3 Å². The zero-order valence-electron chi connectivity index (χ0n) is 14.7. The summed E-state index contributed by atoms with van der Waals surface area (Å²) in [6.07, 6.45) is 4.57. The number of fused-ring (bicyclic) bond motifs is 1. The molecule has 1 aliphatic rings. The van der Waals surface area contributed by atoms with Crippen molar-refractivity contribution in [2.24, 2.45) is 5.92 Å². The molecular weight excluding hydrogens is 396 g/mol. The normalized spacial score (nSPS) is 13.8. The van der Waals surface area contributed by atoms with E-state index in [2.05, 4.69) is 20.9 Å². The first-order valence-electron chi connectivity index (χ1n) is 8.53. The van der Waals surface area contributed by atoms with Crippen LogP contribution >= 0.6 is 15.9 Å². The summed E-state index contributed by atoms with van der Waals surface area (Å²) in [6, 6.07) is 9.67. The van der Waals surface area contributed by atoms with E-state index in [9.17, 15) is 4.79 Å². The molecule has 0 saturated heterocycles. The van der Waals surface area contributed by atoms with Crippen LogP contribution in [0.15, 0.2) is 41.1 Å². The van der Waals surface area contributed by atoms with Crippen LogP contribution in [-0.4, -0.2) is 29.6 Å². The molecule has 1 aliphatic carbocycles. The van der Waals surface area contributed by atoms with Crippen molar-refractivity contribution in [1.29, 1.82) is 0 Å². The third kappa shape index (κ3) is 3.09. The number of carbonyl (C=O) groups excluding carboxylic acids is 1. The van der Waals surface area contributed by atoms with Crippen molar-refractivity contribution in [3.63, 3.8) is 0 Å². The summed E-state index contributed by atoms with van der Waals surface area (Å²) in [5.41, 5.74) is 3.21. The van der Waals surface area contributed by atoms with Crippen LogP contribution in [-0.2, 0) is 0 Å². The minimum atomic E-state index is 0.0761. The first kappa shape index (κ1) is 17.1. The van der Waals surface area contributed by atoms with Gasteiger partial charge in [0, 0.05) is 23.0 Å². The SMILES string of the molecule is COc1cc(-n2cnc3cc(Br)ccc32)cc(OC)c1C(=O)CC1CC1. The Kier molecular flexibility index (Phi) is 4.44. The van der Waals surface area contributed by atoms with Gasteiger partial charge in [-0.3, -0.25) is 9.36 Å². The Morgan fingerprint density at radius 1 is 1.19 bits per heavy atom. The maximum atomic E-state index is 12.7. The Balaban J connectivity index is 1.82. The fourth-order valence-electron chi connectivity index (χ4n) is 3.19. The molecule has 1 fully saturated rings. The molecule has 0 bridgehead atoms. The van der Waals surface area contributed by atoms with Crippen molar-refractivity contribution in [1.82, 2.24) is 9.55 Å². The predicted octanol–water partition coefficient (Wildman–Crippen LogP) is 4.79. The molecule has 26 heavy (non-hydrogen) atoms. The summed E-state index contributed by atoms with van der Waals surface area (Å²) in [5.74, 6) is 1.65. The number of aromatic nitrogens is 2. The fraction of sp³-hybridized carbons (Fsp3) is 0.300. The number of ketones is 1. The van der Waals surface area contributed by atoms with Gasteiger partial charge in [0.1, 0.15) is 23.4 Å². The van der Waals surface area contributed by atoms with Gasteiger partial charge in [-0.1, -0.05) is 15.9 Å². The Labute approximate surface area is 160 Å². The van der Waals surface area contributed by atoms with Gasteiger partial charge in [-0.15, -0.1) is 0 Å². The number of imidazole rings is 1. The highest BCUT2D eigenvalue weighted by Gasteiger charge is 2.28. The summed E-state index contributed by atoms with van der Waals surface area (Å²) < 4.78 is 14.0. The Hall–Kier alpha value is -2.34. The summed E-state index contributed by atoms with van der Waals surface area (Å²) in [7, 11) is 3.16. The van der Waals surface area contributed by atoms with Gasteiger partial charge < -0.3 is 9.47 Å². The van der Waals surface area contributed by atoms with Crippen LogP contribution in [0.1, 0.15) is 29.6 Å². The Bertz CT molecular complexity index is 967. The second-order valence-corrected chi connectivity index (χ2v) is 7.46. The van der Waals surface area contributed by atoms with E-state index in [1.54, 1.807) is 20.5 Å². The molecule has 1 aromatic heterocycles. The van der Waals surface area contributed by atoms with Gasteiger partial charge in [0.05, 0.1) is 30.9 Å². The number of methoxy groups -OCH3 is 2. The maximum absolute atomic E-state index is 12.7. The number of hydrogen-bond donors (Lipinski definition) is 0. The largest absolute Gasteiger partial charge is 0.496 e. The smallest absolute Gasteiger partial charge is 0.170 e. The third-order valence-electron chi connectivity index (χ3n) is 4.73. The number of ether oxygens (including phenoxy) is 2. The van der Waals surface area contributed by atoms with Crippen LogP contribution in [0.2, 0.25) is 0 Å². The lowest BCUT2D eigenvalue weighted by Gasteiger charge is -2.15. The topological polar surface area (TPSA) is 53.4 Å². The standard InChI is InChI=1S/C20H19BrN2O3/c1-25-18-9-14(23-11-22-15-8-13(21)5-6-16(15)23)10-19(26-2)20(18)17(24)7-12-3-4-12/h5-6,8-12H,3-4,7H2,1-2H3. The van der Waals surface area contributed by atoms with E-state index in [1.807, 2.05) is 34.9 Å². The van der Waals surface area contributed by atoms with Gasteiger partial charge in [-0.05, 0) is 37.0 Å². The number of nitrogens with zero attached hydrogens (tertiary/aromatic N) is 2. The number of rotatable bonds is 6. The van der Waals surface area contributed by atoms with Crippen LogP contribution in [0.25, 0.3) is 16.7 Å². The number of carbonyl (C=O) groups is 1. The van der Waals surface area contributed by atoms with E-state index in [1.165, 1.54) is 0 Å². The zero-order valence-corrected chi connectivity index (χ0v) is 16.2. The van der Waals surface area contributed by atoms with Crippen LogP contribution in [0.3, 0.4) is 0 Å². The Morgan fingerprint density at radius 2 is 1.88 bits per heavy atom. The van der Waals surface area contributed by atoms with Crippen molar-refractivity contribution in [2.75, 3.05) is 14.2 Å². The first-order chi connectivity index (χ1) is 12.6. The summed E-state index contributed by atoms with van der Waals surface area (Å²) in [5, 5.41) is 0. The average Bonchev–Trinajstić information content (AvgIpc) is 3.36. The summed E-state index contributed by atoms with van der Waals surface area (Å²) in [6.45, 7) is 0. The van der Waals surface area contributed by atoms with Crippen molar-refractivity contribution in [2.45, 2.75) is 19.3 Å². The molecule has 0 radical (unpaired) electrons. The Morgan fingerprint density at radius 3 is 2.50 bits per heavy atom. The molecule has 1 saturated carbocycles. The lowest BCUT2D eigenvalue weighted by atomic mass is 10.0. The summed E-state index contributed by atoms with van der Waals surface area (Å²) >= 11 is 3.47. The molecule has 0 spiro atoms.